The summed E-state index contributed by atoms with van der Waals surface area (Å²) in [6.07, 6.45) is 4.54. The van der Waals surface area contributed by atoms with Crippen molar-refractivity contribution in [2.75, 3.05) is 0 Å². The van der Waals surface area contributed by atoms with E-state index in [1.54, 1.807) is 0 Å². The van der Waals surface area contributed by atoms with Crippen LogP contribution in [-0.4, -0.2) is 26.5 Å². The molecule has 2 N–H and O–H groups in total. The minimum Gasteiger partial charge on any atom is -0.476 e. The molecule has 1 heterocycles. The van der Waals surface area contributed by atoms with Crippen LogP contribution in [0, 0.1) is 0 Å². The van der Waals surface area contributed by atoms with Crippen LogP contribution in [0.2, 0.25) is 0 Å². The SMILES string of the molecule is O=C(O)c1[nH]nnc1Oc1ccc2c(c1)CCCC2. The highest BCUT2D eigenvalue weighted by atomic mass is 16.5. The lowest BCUT2D eigenvalue weighted by Gasteiger charge is -2.16. The summed E-state index contributed by atoms with van der Waals surface area (Å²) in [6, 6.07) is 5.82. The fourth-order valence-corrected chi connectivity index (χ4v) is 2.31. The fourth-order valence-electron chi connectivity index (χ4n) is 2.31. The van der Waals surface area contributed by atoms with Crippen molar-refractivity contribution in [3.63, 3.8) is 0 Å². The first-order chi connectivity index (χ1) is 9.24. The number of ether oxygens (including phenoxy) is 1. The Morgan fingerprint density at radius 3 is 2.84 bits per heavy atom. The molecule has 3 rings (SSSR count). The lowest BCUT2D eigenvalue weighted by atomic mass is 9.92. The summed E-state index contributed by atoms with van der Waals surface area (Å²) >= 11 is 0. The second-order valence-corrected chi connectivity index (χ2v) is 4.54. The van der Waals surface area contributed by atoms with E-state index in [-0.39, 0.29) is 11.6 Å². The van der Waals surface area contributed by atoms with Gasteiger partial charge in [0.05, 0.1) is 0 Å². The van der Waals surface area contributed by atoms with Gasteiger partial charge in [-0.05, 0) is 48.9 Å². The maximum Gasteiger partial charge on any atom is 0.359 e. The highest BCUT2D eigenvalue weighted by Gasteiger charge is 2.17. The van der Waals surface area contributed by atoms with Crippen molar-refractivity contribution in [3.05, 3.63) is 35.0 Å². The summed E-state index contributed by atoms with van der Waals surface area (Å²) < 4.78 is 5.49. The first kappa shape index (κ1) is 11.7. The van der Waals surface area contributed by atoms with Gasteiger partial charge >= 0.3 is 5.97 Å². The van der Waals surface area contributed by atoms with Crippen LogP contribution in [0.4, 0.5) is 0 Å². The summed E-state index contributed by atoms with van der Waals surface area (Å²) in [6.45, 7) is 0. The van der Waals surface area contributed by atoms with Crippen molar-refractivity contribution >= 4 is 5.97 Å². The van der Waals surface area contributed by atoms with E-state index in [0.29, 0.717) is 5.75 Å². The van der Waals surface area contributed by atoms with Crippen molar-refractivity contribution in [2.45, 2.75) is 25.7 Å². The quantitative estimate of drug-likeness (QED) is 0.881. The van der Waals surface area contributed by atoms with E-state index in [0.717, 1.165) is 12.8 Å². The highest BCUT2D eigenvalue weighted by Crippen LogP contribution is 2.28. The minimum atomic E-state index is -1.14. The molecule has 0 saturated carbocycles. The number of carboxylic acid groups (broad SMARTS) is 1. The Balaban J connectivity index is 1.87. The largest absolute Gasteiger partial charge is 0.476 e. The fraction of sp³-hybridized carbons (Fsp3) is 0.308. The van der Waals surface area contributed by atoms with Crippen molar-refractivity contribution in [1.29, 1.82) is 0 Å². The van der Waals surface area contributed by atoms with E-state index in [1.807, 2.05) is 18.2 Å². The zero-order valence-electron chi connectivity index (χ0n) is 10.2. The van der Waals surface area contributed by atoms with Crippen molar-refractivity contribution in [2.24, 2.45) is 0 Å². The Labute approximate surface area is 109 Å². The molecule has 1 aliphatic rings. The first-order valence-electron chi connectivity index (χ1n) is 6.18. The number of rotatable bonds is 3. The molecule has 2 aromatic rings. The third kappa shape index (κ3) is 2.29. The topological polar surface area (TPSA) is 88.1 Å². The van der Waals surface area contributed by atoms with Gasteiger partial charge in [-0.3, -0.25) is 0 Å². The summed E-state index contributed by atoms with van der Waals surface area (Å²) in [5, 5.41) is 18.3. The smallest absolute Gasteiger partial charge is 0.359 e. The number of carboxylic acids is 1. The Morgan fingerprint density at radius 2 is 2.05 bits per heavy atom. The third-order valence-electron chi connectivity index (χ3n) is 3.26. The van der Waals surface area contributed by atoms with E-state index < -0.39 is 5.97 Å². The van der Waals surface area contributed by atoms with Gasteiger partial charge in [0.25, 0.3) is 5.88 Å². The lowest BCUT2D eigenvalue weighted by Crippen LogP contribution is -2.03. The van der Waals surface area contributed by atoms with Gasteiger partial charge in [0.2, 0.25) is 5.69 Å². The Morgan fingerprint density at radius 1 is 1.26 bits per heavy atom. The molecule has 6 nitrogen and oxygen atoms in total. The van der Waals surface area contributed by atoms with Gasteiger partial charge in [0, 0.05) is 0 Å². The molecule has 19 heavy (non-hydrogen) atoms. The maximum atomic E-state index is 10.9. The van der Waals surface area contributed by atoms with Crippen LogP contribution in [0.15, 0.2) is 18.2 Å². The number of aromatic amines is 1. The number of benzene rings is 1. The first-order valence-corrected chi connectivity index (χ1v) is 6.18. The summed E-state index contributed by atoms with van der Waals surface area (Å²) in [5.74, 6) is -0.557. The molecule has 0 atom stereocenters. The van der Waals surface area contributed by atoms with Gasteiger partial charge in [-0.1, -0.05) is 16.4 Å². The van der Waals surface area contributed by atoms with Gasteiger partial charge in [0.1, 0.15) is 5.75 Å². The van der Waals surface area contributed by atoms with Crippen LogP contribution >= 0.6 is 0 Å². The molecule has 0 aliphatic heterocycles. The predicted molar refractivity (Wildman–Crippen MR) is 66.5 cm³/mol. The molecule has 1 aliphatic carbocycles. The zero-order chi connectivity index (χ0) is 13.2. The van der Waals surface area contributed by atoms with Gasteiger partial charge in [-0.15, -0.1) is 0 Å². The average Bonchev–Trinajstić information content (AvgIpc) is 2.87. The van der Waals surface area contributed by atoms with Gasteiger partial charge in [-0.2, -0.15) is 0 Å². The molecule has 0 unspecified atom stereocenters. The average molecular weight is 259 g/mol. The summed E-state index contributed by atoms with van der Waals surface area (Å²) in [5.41, 5.74) is 2.47. The Bertz CT molecular complexity index is 621. The number of aromatic nitrogens is 3. The number of hydrogen-bond acceptors (Lipinski definition) is 4. The predicted octanol–water partition coefficient (Wildman–Crippen LogP) is 2.17. The van der Waals surface area contributed by atoms with Crippen molar-refractivity contribution < 1.29 is 14.6 Å². The number of carbonyl (C=O) groups is 1. The summed E-state index contributed by atoms with van der Waals surface area (Å²) in [4.78, 5) is 10.9. The number of aromatic carboxylic acids is 1. The number of nitrogens with one attached hydrogen (secondary N) is 1. The Kier molecular flexibility index (Phi) is 2.91. The molecule has 98 valence electrons. The number of H-pyrrole nitrogens is 1. The lowest BCUT2D eigenvalue weighted by molar-refractivity contribution is 0.0687. The second kappa shape index (κ2) is 4.72. The normalized spacial score (nSPS) is 13.9. The number of fused-ring (bicyclic) bond motifs is 1. The van der Waals surface area contributed by atoms with Crippen molar-refractivity contribution in [3.8, 4) is 11.6 Å². The molecule has 0 fully saturated rings. The zero-order valence-corrected chi connectivity index (χ0v) is 10.2. The van der Waals surface area contributed by atoms with Gasteiger partial charge in [0.15, 0.2) is 0 Å². The minimum absolute atomic E-state index is 0.0109. The van der Waals surface area contributed by atoms with E-state index >= 15 is 0 Å². The van der Waals surface area contributed by atoms with E-state index in [2.05, 4.69) is 15.4 Å². The highest BCUT2D eigenvalue weighted by molar-refractivity contribution is 5.87. The Hall–Kier alpha value is -2.37. The molecule has 6 heteroatoms. The van der Waals surface area contributed by atoms with E-state index in [4.69, 9.17) is 9.84 Å². The van der Waals surface area contributed by atoms with Gasteiger partial charge < -0.3 is 9.84 Å². The van der Waals surface area contributed by atoms with Crippen LogP contribution in [-0.2, 0) is 12.8 Å². The van der Waals surface area contributed by atoms with Crippen LogP contribution in [0.5, 0.6) is 11.6 Å². The molecule has 0 bridgehead atoms. The number of aryl methyl sites for hydroxylation is 2. The molecule has 1 aromatic carbocycles. The number of nitrogens with zero attached hydrogens (tertiary/aromatic N) is 2. The molecule has 0 spiro atoms. The third-order valence-corrected chi connectivity index (χ3v) is 3.26. The molecular weight excluding hydrogens is 246 g/mol. The molecule has 0 saturated heterocycles. The van der Waals surface area contributed by atoms with Crippen molar-refractivity contribution in [1.82, 2.24) is 15.4 Å². The number of hydrogen-bond donors (Lipinski definition) is 2. The van der Waals surface area contributed by atoms with Crippen LogP contribution < -0.4 is 4.74 Å². The van der Waals surface area contributed by atoms with Crippen LogP contribution in [0.1, 0.15) is 34.5 Å². The standard InChI is InChI=1S/C13H13N3O3/c17-13(18)11-12(15-16-14-11)19-10-6-5-8-3-1-2-4-9(8)7-10/h5-7H,1-4H2,(H,17,18)(H,14,15,16). The second-order valence-electron chi connectivity index (χ2n) is 4.54. The van der Waals surface area contributed by atoms with Crippen LogP contribution in [0.25, 0.3) is 0 Å². The summed E-state index contributed by atoms with van der Waals surface area (Å²) in [7, 11) is 0. The molecule has 0 amide bonds. The van der Waals surface area contributed by atoms with E-state index in [1.165, 1.54) is 24.0 Å². The molecular formula is C13H13N3O3. The van der Waals surface area contributed by atoms with Crippen LogP contribution in [0.3, 0.4) is 0 Å². The van der Waals surface area contributed by atoms with Gasteiger partial charge in [-0.25, -0.2) is 9.89 Å². The van der Waals surface area contributed by atoms with E-state index in [9.17, 15) is 4.79 Å². The molecule has 1 aromatic heterocycles. The monoisotopic (exact) mass is 259 g/mol. The molecule has 0 radical (unpaired) electrons. The maximum absolute atomic E-state index is 10.9.